The van der Waals surface area contributed by atoms with Crippen LogP contribution in [0.3, 0.4) is 0 Å². The van der Waals surface area contributed by atoms with Crippen LogP contribution in [0, 0.1) is 0 Å². The zero-order valence-electron chi connectivity index (χ0n) is 12.8. The standard InChI is InChI=1S/C15H12F5N3O2/c1-2-25-13(24)10-7-9(8-3-5-22-6-4-8)11(23-12(10)21)14(16,17)15(18,19)20/h3-7H,2H2,1H3,(H2,21,23). The summed E-state index contributed by atoms with van der Waals surface area (Å²) in [5, 5.41) is 0. The summed E-state index contributed by atoms with van der Waals surface area (Å²) < 4.78 is 70.9. The number of esters is 1. The molecule has 0 saturated carbocycles. The lowest BCUT2D eigenvalue weighted by Gasteiger charge is -2.22. The molecule has 0 radical (unpaired) electrons. The van der Waals surface area contributed by atoms with Crippen molar-refractivity contribution < 1.29 is 31.5 Å². The van der Waals surface area contributed by atoms with Gasteiger partial charge in [0, 0.05) is 18.0 Å². The molecule has 134 valence electrons. The molecule has 0 amide bonds. The van der Waals surface area contributed by atoms with E-state index in [9.17, 15) is 26.7 Å². The number of alkyl halides is 5. The number of rotatable bonds is 4. The van der Waals surface area contributed by atoms with Gasteiger partial charge in [-0.05, 0) is 30.7 Å². The number of hydrogen-bond acceptors (Lipinski definition) is 5. The van der Waals surface area contributed by atoms with E-state index in [1.54, 1.807) is 0 Å². The molecular weight excluding hydrogens is 349 g/mol. The minimum Gasteiger partial charge on any atom is -0.462 e. The van der Waals surface area contributed by atoms with E-state index in [0.717, 1.165) is 6.07 Å². The van der Waals surface area contributed by atoms with Crippen molar-refractivity contribution in [2.75, 3.05) is 12.3 Å². The highest BCUT2D eigenvalue weighted by atomic mass is 19.4. The highest BCUT2D eigenvalue weighted by Crippen LogP contribution is 2.46. The lowest BCUT2D eigenvalue weighted by molar-refractivity contribution is -0.290. The summed E-state index contributed by atoms with van der Waals surface area (Å²) in [4.78, 5) is 18.7. The molecule has 0 atom stereocenters. The first-order chi connectivity index (χ1) is 11.6. The fraction of sp³-hybridized carbons (Fsp3) is 0.267. The third kappa shape index (κ3) is 3.52. The van der Waals surface area contributed by atoms with Crippen molar-refractivity contribution in [3.8, 4) is 11.1 Å². The molecule has 5 nitrogen and oxygen atoms in total. The van der Waals surface area contributed by atoms with Gasteiger partial charge in [0.25, 0.3) is 0 Å². The molecule has 0 unspecified atom stereocenters. The zero-order chi connectivity index (χ0) is 18.8. The normalized spacial score (nSPS) is 12.1. The summed E-state index contributed by atoms with van der Waals surface area (Å²) in [5.41, 5.74) is 2.78. The minimum absolute atomic E-state index is 0.0352. The molecule has 0 bridgehead atoms. The maximum atomic E-state index is 13.9. The van der Waals surface area contributed by atoms with Crippen LogP contribution in [-0.4, -0.2) is 28.7 Å². The molecule has 2 aromatic heterocycles. The Kier molecular flexibility index (Phi) is 4.91. The van der Waals surface area contributed by atoms with Crippen molar-refractivity contribution in [2.24, 2.45) is 0 Å². The minimum atomic E-state index is -5.89. The van der Waals surface area contributed by atoms with Gasteiger partial charge in [-0.1, -0.05) is 0 Å². The van der Waals surface area contributed by atoms with E-state index >= 15 is 0 Å². The fourth-order valence-corrected chi connectivity index (χ4v) is 2.03. The molecule has 0 aromatic carbocycles. The van der Waals surface area contributed by atoms with Gasteiger partial charge < -0.3 is 10.5 Å². The molecule has 25 heavy (non-hydrogen) atoms. The van der Waals surface area contributed by atoms with Crippen molar-refractivity contribution in [3.05, 3.63) is 41.9 Å². The van der Waals surface area contributed by atoms with Crippen molar-refractivity contribution in [1.82, 2.24) is 9.97 Å². The van der Waals surface area contributed by atoms with Crippen LogP contribution in [0.4, 0.5) is 27.8 Å². The first kappa shape index (κ1) is 18.6. The van der Waals surface area contributed by atoms with Crippen molar-refractivity contribution >= 4 is 11.8 Å². The Balaban J connectivity index is 2.75. The number of aromatic nitrogens is 2. The number of anilines is 1. The Morgan fingerprint density at radius 3 is 2.32 bits per heavy atom. The van der Waals surface area contributed by atoms with Crippen molar-refractivity contribution in [2.45, 2.75) is 19.0 Å². The molecule has 0 spiro atoms. The van der Waals surface area contributed by atoms with Crippen LogP contribution in [0.15, 0.2) is 30.6 Å². The Morgan fingerprint density at radius 1 is 1.20 bits per heavy atom. The number of halogens is 5. The molecule has 10 heteroatoms. The smallest absolute Gasteiger partial charge is 0.459 e. The summed E-state index contributed by atoms with van der Waals surface area (Å²) in [7, 11) is 0. The molecule has 0 aliphatic rings. The van der Waals surface area contributed by atoms with E-state index < -0.39 is 40.7 Å². The average molecular weight is 361 g/mol. The fourth-order valence-electron chi connectivity index (χ4n) is 2.03. The second-order valence-electron chi connectivity index (χ2n) is 4.85. The quantitative estimate of drug-likeness (QED) is 0.666. The van der Waals surface area contributed by atoms with E-state index in [1.165, 1.54) is 31.5 Å². The number of nitrogen functional groups attached to an aromatic ring is 1. The predicted octanol–water partition coefficient (Wildman–Crippen LogP) is 3.56. The highest BCUT2D eigenvalue weighted by Gasteiger charge is 2.61. The van der Waals surface area contributed by atoms with E-state index in [1.807, 2.05) is 0 Å². The first-order valence-corrected chi connectivity index (χ1v) is 6.92. The van der Waals surface area contributed by atoms with Gasteiger partial charge in [-0.15, -0.1) is 0 Å². The van der Waals surface area contributed by atoms with Crippen LogP contribution in [0.1, 0.15) is 23.0 Å². The molecule has 0 saturated heterocycles. The number of nitrogens with two attached hydrogens (primary N) is 1. The summed E-state index contributed by atoms with van der Waals surface area (Å²) >= 11 is 0. The topological polar surface area (TPSA) is 78.1 Å². The van der Waals surface area contributed by atoms with Crippen molar-refractivity contribution in [1.29, 1.82) is 0 Å². The lowest BCUT2D eigenvalue weighted by Crippen LogP contribution is -2.35. The third-order valence-corrected chi connectivity index (χ3v) is 3.19. The third-order valence-electron chi connectivity index (χ3n) is 3.19. The Hall–Kier alpha value is -2.78. The molecule has 2 heterocycles. The van der Waals surface area contributed by atoms with Crippen LogP contribution in [0.25, 0.3) is 11.1 Å². The Labute approximate surface area is 138 Å². The van der Waals surface area contributed by atoms with E-state index in [-0.39, 0.29) is 12.2 Å². The second kappa shape index (κ2) is 6.61. The van der Waals surface area contributed by atoms with Gasteiger partial charge in [-0.3, -0.25) is 4.98 Å². The van der Waals surface area contributed by atoms with E-state index in [0.29, 0.717) is 0 Å². The van der Waals surface area contributed by atoms with Gasteiger partial charge in [-0.25, -0.2) is 9.78 Å². The van der Waals surface area contributed by atoms with Crippen LogP contribution >= 0.6 is 0 Å². The SMILES string of the molecule is CCOC(=O)c1cc(-c2ccncc2)c(C(F)(F)C(F)(F)F)nc1N. The van der Waals surface area contributed by atoms with Crippen LogP contribution < -0.4 is 5.73 Å². The average Bonchev–Trinajstić information content (AvgIpc) is 2.54. The van der Waals surface area contributed by atoms with Crippen molar-refractivity contribution in [3.63, 3.8) is 0 Å². The van der Waals surface area contributed by atoms with Crippen LogP contribution in [0.5, 0.6) is 0 Å². The zero-order valence-corrected chi connectivity index (χ0v) is 12.8. The molecule has 0 fully saturated rings. The van der Waals surface area contributed by atoms with Crippen LogP contribution in [0.2, 0.25) is 0 Å². The lowest BCUT2D eigenvalue weighted by atomic mass is 9.98. The predicted molar refractivity (Wildman–Crippen MR) is 77.8 cm³/mol. The van der Waals surface area contributed by atoms with Gasteiger partial charge in [-0.2, -0.15) is 22.0 Å². The Bertz CT molecular complexity index is 779. The van der Waals surface area contributed by atoms with Gasteiger partial charge in [0.05, 0.1) is 6.61 Å². The number of carbonyl (C=O) groups is 1. The van der Waals surface area contributed by atoms with E-state index in [2.05, 4.69) is 9.97 Å². The number of nitrogens with zero attached hydrogens (tertiary/aromatic N) is 2. The summed E-state index contributed by atoms with van der Waals surface area (Å²) in [6, 6.07) is 3.22. The summed E-state index contributed by atoms with van der Waals surface area (Å²) in [5.74, 6) is -7.03. The van der Waals surface area contributed by atoms with Crippen LogP contribution in [-0.2, 0) is 10.7 Å². The summed E-state index contributed by atoms with van der Waals surface area (Å²) in [6.07, 6.45) is -3.49. The summed E-state index contributed by atoms with van der Waals surface area (Å²) in [6.45, 7) is 1.46. The Morgan fingerprint density at radius 2 is 1.80 bits per heavy atom. The number of hydrogen-bond donors (Lipinski definition) is 1. The molecule has 0 aliphatic carbocycles. The number of pyridine rings is 2. The van der Waals surface area contributed by atoms with Gasteiger partial charge in [0.2, 0.25) is 0 Å². The van der Waals surface area contributed by atoms with Gasteiger partial charge >= 0.3 is 18.1 Å². The van der Waals surface area contributed by atoms with Gasteiger partial charge in [0.1, 0.15) is 17.1 Å². The molecule has 2 N–H and O–H groups in total. The maximum absolute atomic E-state index is 13.9. The molecular formula is C15H12F5N3O2. The van der Waals surface area contributed by atoms with Gasteiger partial charge in [0.15, 0.2) is 0 Å². The molecule has 0 aliphatic heterocycles. The largest absolute Gasteiger partial charge is 0.462 e. The molecule has 2 aromatic rings. The number of ether oxygens (including phenoxy) is 1. The first-order valence-electron chi connectivity index (χ1n) is 6.92. The van der Waals surface area contributed by atoms with E-state index in [4.69, 9.17) is 10.5 Å². The molecule has 2 rings (SSSR count). The second-order valence-corrected chi connectivity index (χ2v) is 4.85. The highest BCUT2D eigenvalue weighted by molar-refractivity contribution is 5.96. The monoisotopic (exact) mass is 361 g/mol. The number of carbonyl (C=O) groups excluding carboxylic acids is 1. The maximum Gasteiger partial charge on any atom is 0.459 e.